The number of nitrogens with one attached hydrogen (secondary N) is 1. The standard InChI is InChI=1S/C29H31FN2O8/c1-38-23-12-17(15-34)11-19-24-20(28(36)31-8-9-33)13-21(25(35)27(24)40-26(19)23)32(29(37)22-3-2-10-39-22)14-16-4-6-18(30)7-5-16/h4-7,11-13,15,21-22,24-25,27,33,35H,2-3,8-10,14H2,1H3,(H,31,36). The zero-order valence-corrected chi connectivity index (χ0v) is 21.9. The van der Waals surface area contributed by atoms with Crippen LogP contribution in [0.3, 0.4) is 0 Å². The van der Waals surface area contributed by atoms with Gasteiger partial charge < -0.3 is 34.6 Å². The molecule has 5 rings (SSSR count). The van der Waals surface area contributed by atoms with Crippen molar-refractivity contribution in [2.75, 3.05) is 26.9 Å². The number of halogens is 1. The molecular weight excluding hydrogens is 523 g/mol. The number of carbonyl (C=O) groups is 3. The second kappa shape index (κ2) is 11.7. The second-order valence-corrected chi connectivity index (χ2v) is 10.00. The summed E-state index contributed by atoms with van der Waals surface area (Å²) in [6.45, 7) is 0.149. The number of hydrogen-bond acceptors (Lipinski definition) is 8. The van der Waals surface area contributed by atoms with Crippen molar-refractivity contribution in [3.8, 4) is 11.5 Å². The third-order valence-corrected chi connectivity index (χ3v) is 7.53. The third-order valence-electron chi connectivity index (χ3n) is 7.53. The Morgan fingerprint density at radius 3 is 2.67 bits per heavy atom. The Bertz CT molecular complexity index is 1310. The smallest absolute Gasteiger partial charge is 0.252 e. The number of rotatable bonds is 9. The lowest BCUT2D eigenvalue weighted by molar-refractivity contribution is -0.147. The highest BCUT2D eigenvalue weighted by Crippen LogP contribution is 2.51. The van der Waals surface area contributed by atoms with Crippen LogP contribution in [-0.2, 0) is 20.9 Å². The van der Waals surface area contributed by atoms with Crippen LogP contribution in [-0.4, -0.2) is 84.4 Å². The van der Waals surface area contributed by atoms with Gasteiger partial charge in [0.25, 0.3) is 5.91 Å². The SMILES string of the molecule is COc1cc(C=O)cc2c1OC1C2C(C(=O)NCCO)=CC(N(Cc2ccc(F)cc2)C(=O)C2CCCO2)C1O. The maximum absolute atomic E-state index is 13.8. The molecular formula is C29H31FN2O8. The lowest BCUT2D eigenvalue weighted by atomic mass is 9.77. The molecule has 2 amide bonds. The molecule has 3 N–H and O–H groups in total. The molecule has 0 aromatic heterocycles. The summed E-state index contributed by atoms with van der Waals surface area (Å²) in [6.07, 6.45) is 0.397. The fourth-order valence-electron chi connectivity index (χ4n) is 5.63. The Balaban J connectivity index is 1.60. The highest BCUT2D eigenvalue weighted by Gasteiger charge is 2.52. The molecule has 212 valence electrons. The number of ether oxygens (including phenoxy) is 3. The maximum Gasteiger partial charge on any atom is 0.252 e. The Morgan fingerprint density at radius 2 is 2.02 bits per heavy atom. The van der Waals surface area contributed by atoms with E-state index in [0.29, 0.717) is 48.2 Å². The van der Waals surface area contributed by atoms with Gasteiger partial charge in [-0.1, -0.05) is 12.1 Å². The van der Waals surface area contributed by atoms with Crippen molar-refractivity contribution in [2.24, 2.45) is 0 Å². The Kier molecular flexibility index (Phi) is 8.15. The molecule has 2 aliphatic heterocycles. The van der Waals surface area contributed by atoms with Gasteiger partial charge >= 0.3 is 0 Å². The number of aldehydes is 1. The average Bonchev–Trinajstić information content (AvgIpc) is 3.64. The van der Waals surface area contributed by atoms with Gasteiger partial charge in [0.2, 0.25) is 5.91 Å². The van der Waals surface area contributed by atoms with Crippen LogP contribution in [0.25, 0.3) is 0 Å². The van der Waals surface area contributed by atoms with Gasteiger partial charge in [-0.05, 0) is 48.7 Å². The highest BCUT2D eigenvalue weighted by molar-refractivity contribution is 5.96. The van der Waals surface area contributed by atoms with E-state index < -0.39 is 42.0 Å². The van der Waals surface area contributed by atoms with E-state index >= 15 is 0 Å². The van der Waals surface area contributed by atoms with Crippen molar-refractivity contribution >= 4 is 18.1 Å². The Morgan fingerprint density at radius 1 is 1.25 bits per heavy atom. The van der Waals surface area contributed by atoms with Gasteiger partial charge in [0.05, 0.1) is 25.7 Å². The fraction of sp³-hybridized carbons (Fsp3) is 0.414. The number of aliphatic hydroxyl groups is 2. The molecule has 0 bridgehead atoms. The van der Waals surface area contributed by atoms with Crippen molar-refractivity contribution in [1.29, 1.82) is 0 Å². The molecule has 2 aromatic carbocycles. The first-order valence-corrected chi connectivity index (χ1v) is 13.2. The minimum Gasteiger partial charge on any atom is -0.493 e. The fourth-order valence-corrected chi connectivity index (χ4v) is 5.63. The number of amides is 2. The third kappa shape index (κ3) is 5.19. The molecule has 0 radical (unpaired) electrons. The lowest BCUT2D eigenvalue weighted by Gasteiger charge is -2.41. The summed E-state index contributed by atoms with van der Waals surface area (Å²) in [5.41, 5.74) is 1.62. The number of methoxy groups -OCH3 is 1. The molecule has 11 heteroatoms. The van der Waals surface area contributed by atoms with E-state index in [4.69, 9.17) is 14.2 Å². The van der Waals surface area contributed by atoms with Crippen molar-refractivity contribution < 1.29 is 43.2 Å². The first-order valence-electron chi connectivity index (χ1n) is 13.2. The Labute approximate surface area is 230 Å². The lowest BCUT2D eigenvalue weighted by Crippen LogP contribution is -2.57. The zero-order valence-electron chi connectivity index (χ0n) is 21.9. The van der Waals surface area contributed by atoms with Crippen LogP contribution in [0.5, 0.6) is 11.5 Å². The van der Waals surface area contributed by atoms with E-state index in [2.05, 4.69) is 5.32 Å². The van der Waals surface area contributed by atoms with E-state index in [1.807, 2.05) is 0 Å². The molecule has 0 spiro atoms. The molecule has 0 saturated carbocycles. The van der Waals surface area contributed by atoms with Crippen molar-refractivity contribution in [3.05, 3.63) is 70.6 Å². The predicted molar refractivity (Wildman–Crippen MR) is 139 cm³/mol. The minimum absolute atomic E-state index is 0.0136. The summed E-state index contributed by atoms with van der Waals surface area (Å²) in [5.74, 6) is -1.53. The molecule has 40 heavy (non-hydrogen) atoms. The second-order valence-electron chi connectivity index (χ2n) is 10.00. The van der Waals surface area contributed by atoms with Crippen LogP contribution in [0, 0.1) is 5.82 Å². The summed E-state index contributed by atoms with van der Waals surface area (Å²) in [6, 6.07) is 7.76. The van der Waals surface area contributed by atoms with Crippen molar-refractivity contribution in [1.82, 2.24) is 10.2 Å². The molecule has 2 heterocycles. The summed E-state index contributed by atoms with van der Waals surface area (Å²) in [4.78, 5) is 40.3. The average molecular weight is 555 g/mol. The Hall–Kier alpha value is -3.80. The number of hydrogen-bond donors (Lipinski definition) is 3. The molecule has 1 saturated heterocycles. The predicted octanol–water partition coefficient (Wildman–Crippen LogP) is 1.48. The van der Waals surface area contributed by atoms with Crippen LogP contribution in [0.2, 0.25) is 0 Å². The number of aliphatic hydroxyl groups excluding tert-OH is 2. The van der Waals surface area contributed by atoms with Gasteiger partial charge in [-0.3, -0.25) is 14.4 Å². The topological polar surface area (TPSA) is 135 Å². The van der Waals surface area contributed by atoms with Crippen LogP contribution < -0.4 is 14.8 Å². The summed E-state index contributed by atoms with van der Waals surface area (Å²) in [5, 5.41) is 23.7. The normalized spacial score (nSPS) is 24.8. The molecule has 2 aromatic rings. The highest BCUT2D eigenvalue weighted by atomic mass is 19.1. The number of nitrogens with zero attached hydrogens (tertiary/aromatic N) is 1. The van der Waals surface area contributed by atoms with Crippen molar-refractivity contribution in [3.63, 3.8) is 0 Å². The molecule has 1 aliphatic carbocycles. The van der Waals surface area contributed by atoms with Gasteiger partial charge in [-0.25, -0.2) is 4.39 Å². The number of fused-ring (bicyclic) bond motifs is 3. The van der Waals surface area contributed by atoms with Crippen LogP contribution >= 0.6 is 0 Å². The molecule has 1 fully saturated rings. The summed E-state index contributed by atoms with van der Waals surface area (Å²) >= 11 is 0. The van der Waals surface area contributed by atoms with Crippen molar-refractivity contribution in [2.45, 2.75) is 49.7 Å². The molecule has 3 aliphatic rings. The van der Waals surface area contributed by atoms with Gasteiger partial charge in [0.1, 0.15) is 30.4 Å². The van der Waals surface area contributed by atoms with Gasteiger partial charge in [0, 0.05) is 36.4 Å². The van der Waals surface area contributed by atoms with Crippen LogP contribution in [0.15, 0.2) is 48.0 Å². The van der Waals surface area contributed by atoms with Crippen LogP contribution in [0.4, 0.5) is 4.39 Å². The van der Waals surface area contributed by atoms with Gasteiger partial charge in [-0.15, -0.1) is 0 Å². The van der Waals surface area contributed by atoms with E-state index in [9.17, 15) is 29.0 Å². The first kappa shape index (κ1) is 27.8. The quantitative estimate of drug-likeness (QED) is 0.397. The van der Waals surface area contributed by atoms with E-state index in [-0.39, 0.29) is 36.9 Å². The van der Waals surface area contributed by atoms with E-state index in [1.165, 1.54) is 36.3 Å². The zero-order chi connectivity index (χ0) is 28.4. The first-order chi connectivity index (χ1) is 19.4. The summed E-state index contributed by atoms with van der Waals surface area (Å²) < 4.78 is 30.9. The molecule has 5 atom stereocenters. The number of benzene rings is 2. The van der Waals surface area contributed by atoms with E-state index in [0.717, 1.165) is 0 Å². The summed E-state index contributed by atoms with van der Waals surface area (Å²) in [7, 11) is 1.42. The van der Waals surface area contributed by atoms with E-state index in [1.54, 1.807) is 18.2 Å². The van der Waals surface area contributed by atoms with Crippen LogP contribution in [0.1, 0.15) is 40.2 Å². The van der Waals surface area contributed by atoms with Gasteiger partial charge in [0.15, 0.2) is 11.5 Å². The maximum atomic E-state index is 13.8. The molecule has 10 nitrogen and oxygen atoms in total. The minimum atomic E-state index is -1.29. The number of carbonyl (C=O) groups excluding carboxylic acids is 3. The van der Waals surface area contributed by atoms with Gasteiger partial charge in [-0.2, -0.15) is 0 Å². The largest absolute Gasteiger partial charge is 0.493 e. The molecule has 5 unspecified atom stereocenters. The monoisotopic (exact) mass is 554 g/mol.